The number of hydrogen-bond donors (Lipinski definition) is 1. The Kier molecular flexibility index (Phi) is 2.59. The van der Waals surface area contributed by atoms with Gasteiger partial charge < -0.3 is 4.98 Å². The Morgan fingerprint density at radius 2 is 1.76 bits per heavy atom. The van der Waals surface area contributed by atoms with Gasteiger partial charge in [-0.3, -0.25) is 4.79 Å². The summed E-state index contributed by atoms with van der Waals surface area (Å²) in [6.45, 7) is 0. The van der Waals surface area contributed by atoms with Crippen LogP contribution in [0.2, 0.25) is 5.02 Å². The normalized spacial score (nSPS) is 11.3. The highest BCUT2D eigenvalue weighted by Crippen LogP contribution is 2.22. The molecule has 0 saturated heterocycles. The molecule has 2 heterocycles. The number of nitrogens with one attached hydrogen (secondary N) is 1. The number of H-pyrrole nitrogens is 1. The molecule has 5 heteroatoms. The van der Waals surface area contributed by atoms with Crippen LogP contribution < -0.4 is 5.56 Å². The van der Waals surface area contributed by atoms with Crippen molar-refractivity contribution in [3.63, 3.8) is 0 Å². The number of nitrogens with zero attached hydrogens (tertiary/aromatic N) is 2. The van der Waals surface area contributed by atoms with Crippen molar-refractivity contribution in [2.24, 2.45) is 0 Å². The zero-order valence-electron chi connectivity index (χ0n) is 10.9. The van der Waals surface area contributed by atoms with E-state index in [1.807, 2.05) is 42.6 Å². The van der Waals surface area contributed by atoms with E-state index >= 15 is 0 Å². The van der Waals surface area contributed by atoms with Gasteiger partial charge in [0, 0.05) is 27.5 Å². The fraction of sp³-hybridized carbons (Fsp3) is 0. The van der Waals surface area contributed by atoms with E-state index in [0.29, 0.717) is 10.5 Å². The van der Waals surface area contributed by atoms with Crippen molar-refractivity contribution in [2.75, 3.05) is 0 Å². The smallest absolute Gasteiger partial charge is 0.276 e. The summed E-state index contributed by atoms with van der Waals surface area (Å²) in [5.74, 6) is 0. The van der Waals surface area contributed by atoms with Crippen LogP contribution >= 0.6 is 11.6 Å². The van der Waals surface area contributed by atoms with Crippen LogP contribution in [0, 0.1) is 0 Å². The third kappa shape index (κ3) is 1.92. The van der Waals surface area contributed by atoms with E-state index in [9.17, 15) is 4.79 Å². The third-order valence-corrected chi connectivity index (χ3v) is 3.74. The zero-order valence-corrected chi connectivity index (χ0v) is 11.6. The fourth-order valence-corrected chi connectivity index (χ4v) is 2.60. The number of aromatic nitrogens is 3. The second kappa shape index (κ2) is 4.46. The van der Waals surface area contributed by atoms with Gasteiger partial charge in [0.1, 0.15) is 0 Å². The molecule has 0 saturated carbocycles. The molecule has 1 N–H and O–H groups in total. The van der Waals surface area contributed by atoms with Crippen molar-refractivity contribution in [2.45, 2.75) is 0 Å². The summed E-state index contributed by atoms with van der Waals surface area (Å²) in [5, 5.41) is 6.87. The highest BCUT2D eigenvalue weighted by Gasteiger charge is 2.10. The standard InChI is InChI=1S/C16H10ClN3O/c17-10-5-7-11(8-6-10)20-9-13-12-3-1-2-4-14(12)18-16(21)15(13)19-20/h1-9H,(H,18,21). The number of pyridine rings is 1. The lowest BCUT2D eigenvalue weighted by molar-refractivity contribution is 0.894. The summed E-state index contributed by atoms with van der Waals surface area (Å²) in [7, 11) is 0. The van der Waals surface area contributed by atoms with E-state index < -0.39 is 0 Å². The molecule has 4 aromatic rings. The van der Waals surface area contributed by atoms with Gasteiger partial charge in [0.05, 0.1) is 5.69 Å². The molecule has 4 nitrogen and oxygen atoms in total. The number of benzene rings is 2. The van der Waals surface area contributed by atoms with Crippen molar-refractivity contribution in [1.29, 1.82) is 0 Å². The molecule has 0 spiro atoms. The lowest BCUT2D eigenvalue weighted by Crippen LogP contribution is -2.06. The minimum absolute atomic E-state index is 0.184. The molecule has 102 valence electrons. The number of aromatic amines is 1. The van der Waals surface area contributed by atoms with Gasteiger partial charge >= 0.3 is 0 Å². The molecular formula is C16H10ClN3O. The Hall–Kier alpha value is -2.59. The van der Waals surface area contributed by atoms with Crippen molar-refractivity contribution in [1.82, 2.24) is 14.8 Å². The monoisotopic (exact) mass is 295 g/mol. The van der Waals surface area contributed by atoms with Gasteiger partial charge in [0.2, 0.25) is 0 Å². The molecule has 0 radical (unpaired) electrons. The Morgan fingerprint density at radius 3 is 2.57 bits per heavy atom. The van der Waals surface area contributed by atoms with Crippen LogP contribution in [0.5, 0.6) is 0 Å². The maximum Gasteiger partial charge on any atom is 0.276 e. The molecule has 0 aliphatic rings. The summed E-state index contributed by atoms with van der Waals surface area (Å²) in [6, 6.07) is 15.0. The van der Waals surface area contributed by atoms with E-state index in [0.717, 1.165) is 22.0 Å². The Labute approximate surface area is 124 Å². The fourth-order valence-electron chi connectivity index (χ4n) is 2.47. The van der Waals surface area contributed by atoms with Gasteiger partial charge in [-0.15, -0.1) is 0 Å². The quantitative estimate of drug-likeness (QED) is 0.584. The number of para-hydroxylation sites is 1. The first-order valence-corrected chi connectivity index (χ1v) is 6.86. The number of hydrogen-bond acceptors (Lipinski definition) is 2. The van der Waals surface area contributed by atoms with E-state index in [2.05, 4.69) is 10.1 Å². The Morgan fingerprint density at radius 1 is 1.00 bits per heavy atom. The first-order chi connectivity index (χ1) is 10.2. The largest absolute Gasteiger partial charge is 0.320 e. The average Bonchev–Trinajstić information content (AvgIpc) is 2.94. The van der Waals surface area contributed by atoms with Gasteiger partial charge in [-0.1, -0.05) is 29.8 Å². The third-order valence-electron chi connectivity index (χ3n) is 3.49. The Balaban J connectivity index is 2.05. The summed E-state index contributed by atoms with van der Waals surface area (Å²) >= 11 is 5.90. The molecule has 21 heavy (non-hydrogen) atoms. The van der Waals surface area contributed by atoms with Gasteiger partial charge in [0.15, 0.2) is 5.52 Å². The van der Waals surface area contributed by atoms with Crippen LogP contribution in [-0.2, 0) is 0 Å². The van der Waals surface area contributed by atoms with Crippen LogP contribution in [0.25, 0.3) is 27.5 Å². The number of rotatable bonds is 1. The highest BCUT2D eigenvalue weighted by molar-refractivity contribution is 6.30. The summed E-state index contributed by atoms with van der Waals surface area (Å²) < 4.78 is 1.70. The number of halogens is 1. The first-order valence-electron chi connectivity index (χ1n) is 6.49. The minimum Gasteiger partial charge on any atom is -0.320 e. The van der Waals surface area contributed by atoms with Crippen molar-refractivity contribution in [3.05, 3.63) is 70.1 Å². The topological polar surface area (TPSA) is 50.7 Å². The highest BCUT2D eigenvalue weighted by atomic mass is 35.5. The zero-order chi connectivity index (χ0) is 14.4. The van der Waals surface area contributed by atoms with Crippen molar-refractivity contribution >= 4 is 33.4 Å². The molecular weight excluding hydrogens is 286 g/mol. The van der Waals surface area contributed by atoms with Crippen LogP contribution in [-0.4, -0.2) is 14.8 Å². The SMILES string of the molecule is O=c1[nH]c2ccccc2c2cn(-c3ccc(Cl)cc3)nc12. The van der Waals surface area contributed by atoms with Gasteiger partial charge in [0.25, 0.3) is 5.56 Å². The van der Waals surface area contributed by atoms with E-state index in [4.69, 9.17) is 11.6 Å². The lowest BCUT2D eigenvalue weighted by Gasteiger charge is -1.99. The molecule has 0 bridgehead atoms. The van der Waals surface area contributed by atoms with Crippen LogP contribution in [0.3, 0.4) is 0 Å². The second-order valence-electron chi connectivity index (χ2n) is 4.81. The molecule has 0 atom stereocenters. The maximum atomic E-state index is 12.1. The predicted octanol–water partition coefficient (Wildman–Crippen LogP) is 3.52. The number of fused-ring (bicyclic) bond motifs is 3. The van der Waals surface area contributed by atoms with Crippen LogP contribution in [0.1, 0.15) is 0 Å². The second-order valence-corrected chi connectivity index (χ2v) is 5.25. The molecule has 4 rings (SSSR count). The van der Waals surface area contributed by atoms with Gasteiger partial charge in [-0.25, -0.2) is 4.68 Å². The summed E-state index contributed by atoms with van der Waals surface area (Å²) in [6.07, 6.45) is 1.87. The molecule has 0 aliphatic heterocycles. The van der Waals surface area contributed by atoms with Crippen LogP contribution in [0.4, 0.5) is 0 Å². The first kappa shape index (κ1) is 12.2. The van der Waals surface area contributed by atoms with E-state index in [1.54, 1.807) is 16.8 Å². The van der Waals surface area contributed by atoms with E-state index in [-0.39, 0.29) is 5.56 Å². The average molecular weight is 296 g/mol. The summed E-state index contributed by atoms with van der Waals surface area (Å²) in [5.41, 5.74) is 1.92. The van der Waals surface area contributed by atoms with Crippen molar-refractivity contribution in [3.8, 4) is 5.69 Å². The van der Waals surface area contributed by atoms with E-state index in [1.165, 1.54) is 0 Å². The molecule has 0 amide bonds. The molecule has 2 aromatic carbocycles. The predicted molar refractivity (Wildman–Crippen MR) is 84.2 cm³/mol. The molecule has 0 unspecified atom stereocenters. The molecule has 0 fully saturated rings. The minimum atomic E-state index is -0.184. The Bertz CT molecular complexity index is 1020. The van der Waals surface area contributed by atoms with Crippen molar-refractivity contribution < 1.29 is 0 Å². The van der Waals surface area contributed by atoms with Crippen LogP contribution in [0.15, 0.2) is 59.5 Å². The van der Waals surface area contributed by atoms with Gasteiger partial charge in [-0.05, 0) is 30.3 Å². The van der Waals surface area contributed by atoms with Gasteiger partial charge in [-0.2, -0.15) is 5.10 Å². The maximum absolute atomic E-state index is 12.1. The molecule has 2 aromatic heterocycles. The lowest BCUT2D eigenvalue weighted by atomic mass is 10.1. The molecule has 0 aliphatic carbocycles. The summed E-state index contributed by atoms with van der Waals surface area (Å²) in [4.78, 5) is 15.0.